The molecule has 0 aliphatic heterocycles. The molecule has 0 saturated heterocycles. The van der Waals surface area contributed by atoms with Gasteiger partial charge in [-0.05, 0) is 68.1 Å². The van der Waals surface area contributed by atoms with Crippen molar-refractivity contribution in [2.45, 2.75) is 39.1 Å². The van der Waals surface area contributed by atoms with Crippen LogP contribution in [0.5, 0.6) is 5.75 Å². The van der Waals surface area contributed by atoms with Crippen LogP contribution in [0.3, 0.4) is 0 Å². The summed E-state index contributed by atoms with van der Waals surface area (Å²) in [7, 11) is 1.70. The first kappa shape index (κ1) is 24.4. The lowest BCUT2D eigenvalue weighted by Crippen LogP contribution is -2.16. The van der Waals surface area contributed by atoms with Crippen LogP contribution in [0.4, 0.5) is 13.2 Å². The lowest BCUT2D eigenvalue weighted by molar-refractivity contribution is -0.274. The van der Waals surface area contributed by atoms with E-state index < -0.39 is 6.36 Å². The Hall–Kier alpha value is -3.73. The van der Waals surface area contributed by atoms with Gasteiger partial charge >= 0.3 is 6.36 Å². The quantitative estimate of drug-likeness (QED) is 0.284. The number of benzene rings is 1. The molecule has 0 fully saturated rings. The SMILES string of the molecule is COCCCCc1ccc(Cn2nc(-c3nc(-c4ccc(OC(F)(F)F)cc4)no3)cc2C)cn1. The summed E-state index contributed by atoms with van der Waals surface area (Å²) in [6.45, 7) is 3.21. The Kier molecular flexibility index (Phi) is 7.45. The van der Waals surface area contributed by atoms with Crippen LogP contribution >= 0.6 is 0 Å². The minimum Gasteiger partial charge on any atom is -0.406 e. The first-order valence-electron chi connectivity index (χ1n) is 11.0. The molecular weight excluding hydrogens is 463 g/mol. The third kappa shape index (κ3) is 6.66. The molecule has 0 unspecified atom stereocenters. The minimum atomic E-state index is -4.75. The van der Waals surface area contributed by atoms with Crippen molar-refractivity contribution in [1.82, 2.24) is 24.9 Å². The highest BCUT2D eigenvalue weighted by Crippen LogP contribution is 2.27. The zero-order valence-electron chi connectivity index (χ0n) is 19.2. The summed E-state index contributed by atoms with van der Waals surface area (Å²) in [5.41, 5.74) is 3.94. The van der Waals surface area contributed by atoms with Crippen molar-refractivity contribution in [2.24, 2.45) is 0 Å². The van der Waals surface area contributed by atoms with Gasteiger partial charge in [-0.2, -0.15) is 10.1 Å². The fourth-order valence-corrected chi connectivity index (χ4v) is 3.45. The molecule has 1 aromatic carbocycles. The molecule has 8 nitrogen and oxygen atoms in total. The van der Waals surface area contributed by atoms with Gasteiger partial charge in [-0.1, -0.05) is 11.2 Å². The van der Waals surface area contributed by atoms with Crippen LogP contribution in [-0.2, 0) is 17.7 Å². The van der Waals surface area contributed by atoms with Crippen LogP contribution in [0, 0.1) is 6.92 Å². The number of nitrogens with zero attached hydrogens (tertiary/aromatic N) is 5. The molecule has 0 aliphatic carbocycles. The Morgan fingerprint density at radius 2 is 1.86 bits per heavy atom. The van der Waals surface area contributed by atoms with Crippen molar-refractivity contribution >= 4 is 0 Å². The lowest BCUT2D eigenvalue weighted by Gasteiger charge is -2.08. The van der Waals surface area contributed by atoms with Crippen molar-refractivity contribution in [3.8, 4) is 28.7 Å². The second kappa shape index (κ2) is 10.7. The van der Waals surface area contributed by atoms with E-state index >= 15 is 0 Å². The average Bonchev–Trinajstić information content (AvgIpc) is 3.45. The minimum absolute atomic E-state index is 0.210. The van der Waals surface area contributed by atoms with Crippen molar-refractivity contribution in [2.75, 3.05) is 13.7 Å². The topological polar surface area (TPSA) is 88.1 Å². The first-order chi connectivity index (χ1) is 16.8. The number of pyridine rings is 1. The van der Waals surface area contributed by atoms with Crippen LogP contribution in [0.1, 0.15) is 29.8 Å². The number of halogens is 3. The summed E-state index contributed by atoms with van der Waals surface area (Å²) in [5.74, 6) is 0.117. The van der Waals surface area contributed by atoms with Gasteiger partial charge in [-0.25, -0.2) is 0 Å². The third-order valence-corrected chi connectivity index (χ3v) is 5.22. The molecule has 0 spiro atoms. The summed E-state index contributed by atoms with van der Waals surface area (Å²) in [5, 5.41) is 8.48. The van der Waals surface area contributed by atoms with Gasteiger partial charge in [0.25, 0.3) is 5.89 Å². The van der Waals surface area contributed by atoms with Gasteiger partial charge in [0.1, 0.15) is 5.75 Å². The van der Waals surface area contributed by atoms with Gasteiger partial charge in [0, 0.05) is 36.9 Å². The maximum atomic E-state index is 12.3. The van der Waals surface area contributed by atoms with E-state index in [4.69, 9.17) is 9.26 Å². The molecule has 4 aromatic rings. The van der Waals surface area contributed by atoms with Gasteiger partial charge in [0.05, 0.1) is 6.54 Å². The molecule has 3 aromatic heterocycles. The Morgan fingerprint density at radius 3 is 2.54 bits per heavy atom. The summed E-state index contributed by atoms with van der Waals surface area (Å²) >= 11 is 0. The summed E-state index contributed by atoms with van der Waals surface area (Å²) in [6, 6.07) is 11.1. The number of rotatable bonds is 10. The number of alkyl halides is 3. The smallest absolute Gasteiger partial charge is 0.406 e. The number of hydrogen-bond acceptors (Lipinski definition) is 7. The van der Waals surface area contributed by atoms with E-state index in [1.807, 2.05) is 36.0 Å². The van der Waals surface area contributed by atoms with Gasteiger partial charge in [0.2, 0.25) is 5.82 Å². The Labute approximate surface area is 199 Å². The number of aryl methyl sites for hydroxylation is 2. The predicted molar refractivity (Wildman–Crippen MR) is 121 cm³/mol. The summed E-state index contributed by atoms with van der Waals surface area (Å²) in [6.07, 6.45) is 0.0408. The normalized spacial score (nSPS) is 11.7. The van der Waals surface area contributed by atoms with Gasteiger partial charge in [-0.3, -0.25) is 9.67 Å². The maximum Gasteiger partial charge on any atom is 0.573 e. The zero-order valence-corrected chi connectivity index (χ0v) is 19.2. The fraction of sp³-hybridized carbons (Fsp3) is 0.333. The number of ether oxygens (including phenoxy) is 2. The first-order valence-corrected chi connectivity index (χ1v) is 11.0. The highest BCUT2D eigenvalue weighted by molar-refractivity contribution is 5.58. The van der Waals surface area contributed by atoms with Crippen LogP contribution in [0.15, 0.2) is 53.2 Å². The monoisotopic (exact) mass is 487 g/mol. The number of aromatic nitrogens is 5. The fourth-order valence-electron chi connectivity index (χ4n) is 3.45. The molecule has 0 aliphatic rings. The third-order valence-electron chi connectivity index (χ3n) is 5.22. The zero-order chi connectivity index (χ0) is 24.8. The van der Waals surface area contributed by atoms with Crippen LogP contribution in [0.25, 0.3) is 23.0 Å². The molecule has 0 N–H and O–H groups in total. The van der Waals surface area contributed by atoms with Gasteiger partial charge in [0.15, 0.2) is 5.69 Å². The molecule has 184 valence electrons. The lowest BCUT2D eigenvalue weighted by atomic mass is 10.1. The largest absolute Gasteiger partial charge is 0.573 e. The molecule has 0 atom stereocenters. The summed E-state index contributed by atoms with van der Waals surface area (Å²) < 4.78 is 53.1. The van der Waals surface area contributed by atoms with Crippen LogP contribution in [0.2, 0.25) is 0 Å². The average molecular weight is 487 g/mol. The molecular formula is C24H24F3N5O3. The molecule has 0 bridgehead atoms. The van der Waals surface area contributed by atoms with Crippen molar-refractivity contribution in [3.05, 3.63) is 65.6 Å². The highest BCUT2D eigenvalue weighted by atomic mass is 19.4. The van der Waals surface area contributed by atoms with E-state index in [0.717, 1.165) is 42.8 Å². The van der Waals surface area contributed by atoms with Gasteiger partial charge in [-0.15, -0.1) is 13.2 Å². The Morgan fingerprint density at radius 1 is 1.06 bits per heavy atom. The molecule has 11 heteroatoms. The van der Waals surface area contributed by atoms with E-state index in [-0.39, 0.29) is 17.5 Å². The standard InChI is InChI=1S/C24H24F3N5O3/c1-16-13-21(30-32(16)15-17-6-9-19(28-14-17)5-3-4-12-33-2)23-29-22(31-35-23)18-7-10-20(11-8-18)34-24(25,26)27/h6-11,13-14H,3-5,12,15H2,1-2H3. The number of hydrogen-bond donors (Lipinski definition) is 0. The molecule has 0 radical (unpaired) electrons. The second-order valence-corrected chi connectivity index (χ2v) is 7.93. The van der Waals surface area contributed by atoms with Crippen molar-refractivity contribution < 1.29 is 27.2 Å². The molecule has 4 rings (SSSR count). The summed E-state index contributed by atoms with van der Waals surface area (Å²) in [4.78, 5) is 8.87. The van der Waals surface area contributed by atoms with E-state index in [9.17, 15) is 13.2 Å². The number of methoxy groups -OCH3 is 1. The Bertz CT molecular complexity index is 1230. The van der Waals surface area contributed by atoms with Crippen molar-refractivity contribution in [3.63, 3.8) is 0 Å². The maximum absolute atomic E-state index is 12.3. The van der Waals surface area contributed by atoms with Crippen molar-refractivity contribution in [1.29, 1.82) is 0 Å². The second-order valence-electron chi connectivity index (χ2n) is 7.93. The van der Waals surface area contributed by atoms with Gasteiger partial charge < -0.3 is 14.0 Å². The molecule has 0 saturated carbocycles. The predicted octanol–water partition coefficient (Wildman–Crippen LogP) is 5.22. The van der Waals surface area contributed by atoms with E-state index in [2.05, 4.69) is 25.0 Å². The molecule has 35 heavy (non-hydrogen) atoms. The van der Waals surface area contributed by atoms with E-state index in [1.165, 1.54) is 24.3 Å². The molecule has 3 heterocycles. The van der Waals surface area contributed by atoms with Crippen LogP contribution in [-0.4, -0.2) is 45.0 Å². The number of unbranched alkanes of at least 4 members (excludes halogenated alkanes) is 1. The Balaban J connectivity index is 1.41. The highest BCUT2D eigenvalue weighted by Gasteiger charge is 2.31. The van der Waals surface area contributed by atoms with Crippen LogP contribution < -0.4 is 4.74 Å². The van der Waals surface area contributed by atoms with E-state index in [1.54, 1.807) is 7.11 Å². The van der Waals surface area contributed by atoms with E-state index in [0.29, 0.717) is 17.8 Å². The molecule has 0 amide bonds.